The van der Waals surface area contributed by atoms with E-state index in [1.807, 2.05) is 54.6 Å². The topological polar surface area (TPSA) is 37.8 Å². The van der Waals surface area contributed by atoms with E-state index >= 15 is 0 Å². The zero-order chi connectivity index (χ0) is 13.1. The molecule has 3 aromatic rings. The van der Waals surface area contributed by atoms with Gasteiger partial charge >= 0.3 is 0 Å². The van der Waals surface area contributed by atoms with Crippen molar-refractivity contribution in [3.8, 4) is 0 Å². The number of nitrogens with one attached hydrogen (secondary N) is 1. The molecule has 0 saturated carbocycles. The first-order valence-electron chi connectivity index (χ1n) is 6.44. The molecule has 1 heterocycles. The van der Waals surface area contributed by atoms with E-state index in [-0.39, 0.29) is 0 Å². The third kappa shape index (κ3) is 2.40. The van der Waals surface area contributed by atoms with Crippen molar-refractivity contribution in [2.75, 3.05) is 5.32 Å². The number of para-hydroxylation sites is 2. The number of aryl methyl sites for hydroxylation is 1. The number of anilines is 2. The molecule has 19 heavy (non-hydrogen) atoms. The molecule has 0 atom stereocenters. The van der Waals surface area contributed by atoms with Crippen LogP contribution in [0.3, 0.4) is 0 Å². The Morgan fingerprint density at radius 3 is 2.42 bits per heavy atom. The van der Waals surface area contributed by atoms with Crippen molar-refractivity contribution in [2.45, 2.75) is 13.3 Å². The number of benzene rings is 2. The van der Waals surface area contributed by atoms with Crippen LogP contribution in [0.1, 0.15) is 12.7 Å². The number of nitrogens with zero attached hydrogens (tertiary/aromatic N) is 2. The van der Waals surface area contributed by atoms with Gasteiger partial charge in [0.1, 0.15) is 11.6 Å². The lowest BCUT2D eigenvalue weighted by Crippen LogP contribution is -2.00. The first-order chi connectivity index (χ1) is 9.36. The molecule has 0 unspecified atom stereocenters. The Morgan fingerprint density at radius 2 is 1.63 bits per heavy atom. The second-order valence-corrected chi connectivity index (χ2v) is 4.35. The van der Waals surface area contributed by atoms with Gasteiger partial charge in [-0.05, 0) is 24.3 Å². The Labute approximate surface area is 112 Å². The fourth-order valence-electron chi connectivity index (χ4n) is 2.04. The molecule has 3 nitrogen and oxygen atoms in total. The molecule has 1 aromatic heterocycles. The molecular formula is C16H15N3. The van der Waals surface area contributed by atoms with Crippen molar-refractivity contribution in [3.05, 3.63) is 60.4 Å². The molecule has 0 fully saturated rings. The van der Waals surface area contributed by atoms with Crippen molar-refractivity contribution in [1.29, 1.82) is 0 Å². The van der Waals surface area contributed by atoms with E-state index in [1.54, 1.807) is 0 Å². The zero-order valence-corrected chi connectivity index (χ0v) is 10.8. The van der Waals surface area contributed by atoms with Crippen molar-refractivity contribution in [3.63, 3.8) is 0 Å². The number of fused-ring (bicyclic) bond motifs is 1. The third-order valence-electron chi connectivity index (χ3n) is 3.00. The molecule has 0 aliphatic rings. The molecule has 0 radical (unpaired) electrons. The van der Waals surface area contributed by atoms with Crippen molar-refractivity contribution in [1.82, 2.24) is 9.97 Å². The molecule has 0 amide bonds. The smallest absolute Gasteiger partial charge is 0.142 e. The average molecular weight is 249 g/mol. The Morgan fingerprint density at radius 1 is 0.895 bits per heavy atom. The number of hydrogen-bond donors (Lipinski definition) is 1. The van der Waals surface area contributed by atoms with Gasteiger partial charge in [0.15, 0.2) is 0 Å². The monoisotopic (exact) mass is 249 g/mol. The summed E-state index contributed by atoms with van der Waals surface area (Å²) in [5.74, 6) is 1.73. The molecule has 3 rings (SSSR count). The first-order valence-corrected chi connectivity index (χ1v) is 6.44. The number of aromatic nitrogens is 2. The molecule has 2 aromatic carbocycles. The summed E-state index contributed by atoms with van der Waals surface area (Å²) in [7, 11) is 0. The standard InChI is InChI=1S/C16H15N3/c1-2-15-18-14-11-7-6-10-13(14)16(19-15)17-12-8-4-3-5-9-12/h3-11H,2H2,1H3,(H,17,18,19). The molecule has 3 heteroatoms. The van der Waals surface area contributed by atoms with Crippen molar-refractivity contribution >= 4 is 22.4 Å². The van der Waals surface area contributed by atoms with Gasteiger partial charge in [-0.3, -0.25) is 0 Å². The van der Waals surface area contributed by atoms with Gasteiger partial charge in [-0.2, -0.15) is 0 Å². The van der Waals surface area contributed by atoms with Gasteiger partial charge in [-0.25, -0.2) is 9.97 Å². The van der Waals surface area contributed by atoms with E-state index in [1.165, 1.54) is 0 Å². The van der Waals surface area contributed by atoms with Crippen LogP contribution >= 0.6 is 0 Å². The summed E-state index contributed by atoms with van der Waals surface area (Å²) in [5, 5.41) is 4.42. The maximum absolute atomic E-state index is 4.59. The van der Waals surface area contributed by atoms with Crippen LogP contribution in [0, 0.1) is 0 Å². The summed E-state index contributed by atoms with van der Waals surface area (Å²) in [5.41, 5.74) is 2.01. The predicted molar refractivity (Wildman–Crippen MR) is 78.6 cm³/mol. The summed E-state index contributed by atoms with van der Waals surface area (Å²) in [6.07, 6.45) is 0.828. The molecule has 0 aliphatic heterocycles. The van der Waals surface area contributed by atoms with E-state index in [2.05, 4.69) is 22.2 Å². The normalized spacial score (nSPS) is 10.6. The summed E-state index contributed by atoms with van der Waals surface area (Å²) >= 11 is 0. The van der Waals surface area contributed by atoms with E-state index in [0.717, 1.165) is 34.7 Å². The SMILES string of the molecule is CCc1nc(Nc2ccccc2)c2ccccc2n1. The van der Waals surface area contributed by atoms with Gasteiger partial charge in [0.25, 0.3) is 0 Å². The maximum atomic E-state index is 4.59. The summed E-state index contributed by atoms with van der Waals surface area (Å²) in [6.45, 7) is 2.07. The second kappa shape index (κ2) is 5.06. The zero-order valence-electron chi connectivity index (χ0n) is 10.8. The van der Waals surface area contributed by atoms with Crippen LogP contribution in [0.2, 0.25) is 0 Å². The van der Waals surface area contributed by atoms with Crippen LogP contribution in [0.5, 0.6) is 0 Å². The van der Waals surface area contributed by atoms with E-state index in [9.17, 15) is 0 Å². The first kappa shape index (κ1) is 11.7. The Hall–Kier alpha value is -2.42. The molecule has 0 spiro atoms. The van der Waals surface area contributed by atoms with E-state index < -0.39 is 0 Å². The molecular weight excluding hydrogens is 234 g/mol. The molecule has 0 saturated heterocycles. The third-order valence-corrected chi connectivity index (χ3v) is 3.00. The minimum atomic E-state index is 0.828. The maximum Gasteiger partial charge on any atom is 0.142 e. The van der Waals surface area contributed by atoms with E-state index in [4.69, 9.17) is 0 Å². The largest absolute Gasteiger partial charge is 0.340 e. The fraction of sp³-hybridized carbons (Fsp3) is 0.125. The predicted octanol–water partition coefficient (Wildman–Crippen LogP) is 3.94. The van der Waals surface area contributed by atoms with Crippen molar-refractivity contribution in [2.24, 2.45) is 0 Å². The summed E-state index contributed by atoms with van der Waals surface area (Å²) < 4.78 is 0. The summed E-state index contributed by atoms with van der Waals surface area (Å²) in [6, 6.07) is 18.1. The van der Waals surface area contributed by atoms with E-state index in [0.29, 0.717) is 0 Å². The van der Waals surface area contributed by atoms with Crippen LogP contribution in [-0.2, 0) is 6.42 Å². The molecule has 0 bridgehead atoms. The highest BCUT2D eigenvalue weighted by Crippen LogP contribution is 2.23. The highest BCUT2D eigenvalue weighted by Gasteiger charge is 2.06. The van der Waals surface area contributed by atoms with Gasteiger partial charge in [0.2, 0.25) is 0 Å². The number of hydrogen-bond acceptors (Lipinski definition) is 3. The van der Waals surface area contributed by atoms with Gasteiger partial charge in [-0.15, -0.1) is 0 Å². The van der Waals surface area contributed by atoms with Crippen LogP contribution in [0.25, 0.3) is 10.9 Å². The Balaban J connectivity index is 2.11. The average Bonchev–Trinajstić information content (AvgIpc) is 2.48. The van der Waals surface area contributed by atoms with Crippen LogP contribution in [0.15, 0.2) is 54.6 Å². The van der Waals surface area contributed by atoms with Crippen molar-refractivity contribution < 1.29 is 0 Å². The Bertz CT molecular complexity index is 693. The Kier molecular flexibility index (Phi) is 3.11. The minimum absolute atomic E-state index is 0.828. The summed E-state index contributed by atoms with van der Waals surface area (Å²) in [4.78, 5) is 9.14. The van der Waals surface area contributed by atoms with Gasteiger partial charge in [-0.1, -0.05) is 37.3 Å². The highest BCUT2D eigenvalue weighted by atomic mass is 15.0. The minimum Gasteiger partial charge on any atom is -0.340 e. The quantitative estimate of drug-likeness (QED) is 0.764. The second-order valence-electron chi connectivity index (χ2n) is 4.35. The van der Waals surface area contributed by atoms with Gasteiger partial charge in [0, 0.05) is 17.5 Å². The van der Waals surface area contributed by atoms with Crippen LogP contribution < -0.4 is 5.32 Å². The van der Waals surface area contributed by atoms with Gasteiger partial charge in [0.05, 0.1) is 5.52 Å². The highest BCUT2D eigenvalue weighted by molar-refractivity contribution is 5.90. The van der Waals surface area contributed by atoms with Crippen LogP contribution in [0.4, 0.5) is 11.5 Å². The lowest BCUT2D eigenvalue weighted by Gasteiger charge is -2.10. The lowest BCUT2D eigenvalue weighted by atomic mass is 10.2. The fourth-order valence-corrected chi connectivity index (χ4v) is 2.04. The van der Waals surface area contributed by atoms with Gasteiger partial charge < -0.3 is 5.32 Å². The molecule has 1 N–H and O–H groups in total. The molecule has 94 valence electrons. The van der Waals surface area contributed by atoms with Crippen LogP contribution in [-0.4, -0.2) is 9.97 Å². The number of rotatable bonds is 3. The molecule has 0 aliphatic carbocycles. The lowest BCUT2D eigenvalue weighted by molar-refractivity contribution is 0.964.